The van der Waals surface area contributed by atoms with Crippen molar-refractivity contribution in [2.45, 2.75) is 38.3 Å². The van der Waals surface area contributed by atoms with E-state index in [1.54, 1.807) is 0 Å². The van der Waals surface area contributed by atoms with Crippen LogP contribution in [0, 0.1) is 15.9 Å². The van der Waals surface area contributed by atoms with Crippen LogP contribution in [-0.2, 0) is 0 Å². The van der Waals surface area contributed by atoms with E-state index in [1.165, 1.54) is 12.1 Å². The second kappa shape index (κ2) is 5.97. The highest BCUT2D eigenvalue weighted by molar-refractivity contribution is 5.61. The molecule has 0 amide bonds. The molecule has 0 radical (unpaired) electrons. The Morgan fingerprint density at radius 3 is 3.05 bits per heavy atom. The lowest BCUT2D eigenvalue weighted by atomic mass is 10.1. The Hall–Kier alpha value is -1.69. The van der Waals surface area contributed by atoms with Crippen LogP contribution in [0.5, 0.6) is 0 Å². The molecule has 1 aromatic rings. The van der Waals surface area contributed by atoms with Gasteiger partial charge in [0.05, 0.1) is 4.92 Å². The molecule has 104 valence electrons. The maximum Gasteiger partial charge on any atom is 0.292 e. The molecule has 1 aromatic carbocycles. The topological polar surface area (TPSA) is 67.2 Å². The Morgan fingerprint density at radius 1 is 1.63 bits per heavy atom. The van der Waals surface area contributed by atoms with Crippen molar-refractivity contribution in [1.82, 2.24) is 5.32 Å². The van der Waals surface area contributed by atoms with Crippen molar-refractivity contribution in [3.63, 3.8) is 0 Å². The van der Waals surface area contributed by atoms with E-state index in [4.69, 9.17) is 0 Å². The summed E-state index contributed by atoms with van der Waals surface area (Å²) in [6.07, 6.45) is 3.16. The quantitative estimate of drug-likeness (QED) is 0.635. The Morgan fingerprint density at radius 2 is 2.42 bits per heavy atom. The highest BCUT2D eigenvalue weighted by atomic mass is 19.1. The Kier molecular flexibility index (Phi) is 4.31. The number of benzene rings is 1. The molecule has 2 rings (SSSR count). The van der Waals surface area contributed by atoms with Gasteiger partial charge < -0.3 is 10.6 Å². The van der Waals surface area contributed by atoms with Crippen molar-refractivity contribution in [2.24, 2.45) is 0 Å². The average Bonchev–Trinajstić information content (AvgIpc) is 2.81. The molecule has 2 unspecified atom stereocenters. The van der Waals surface area contributed by atoms with Gasteiger partial charge in [0.1, 0.15) is 11.5 Å². The fourth-order valence-corrected chi connectivity index (χ4v) is 2.49. The number of rotatable bonds is 5. The zero-order valence-electron chi connectivity index (χ0n) is 10.9. The highest BCUT2D eigenvalue weighted by Gasteiger charge is 2.20. The van der Waals surface area contributed by atoms with Gasteiger partial charge in [-0.1, -0.05) is 0 Å². The van der Waals surface area contributed by atoms with E-state index in [2.05, 4.69) is 10.6 Å². The highest BCUT2D eigenvalue weighted by Crippen LogP contribution is 2.26. The van der Waals surface area contributed by atoms with E-state index in [0.29, 0.717) is 6.04 Å². The predicted molar refractivity (Wildman–Crippen MR) is 71.8 cm³/mol. The zero-order chi connectivity index (χ0) is 13.8. The number of halogens is 1. The molecular weight excluding hydrogens is 249 g/mol. The van der Waals surface area contributed by atoms with Gasteiger partial charge in [0.15, 0.2) is 0 Å². The van der Waals surface area contributed by atoms with Crippen molar-refractivity contribution in [3.05, 3.63) is 34.1 Å². The van der Waals surface area contributed by atoms with Crippen molar-refractivity contribution in [3.8, 4) is 0 Å². The maximum absolute atomic E-state index is 13.2. The second-order valence-corrected chi connectivity index (χ2v) is 4.99. The monoisotopic (exact) mass is 267 g/mol. The summed E-state index contributed by atoms with van der Waals surface area (Å²) in [4.78, 5) is 10.4. The molecule has 0 bridgehead atoms. The molecule has 2 N–H and O–H groups in total. The van der Waals surface area contributed by atoms with E-state index in [1.807, 2.05) is 6.92 Å². The summed E-state index contributed by atoms with van der Waals surface area (Å²) < 4.78 is 13.2. The number of nitro groups is 1. The van der Waals surface area contributed by atoms with Crippen molar-refractivity contribution in [2.75, 3.05) is 11.9 Å². The first-order chi connectivity index (χ1) is 9.06. The van der Waals surface area contributed by atoms with Crippen molar-refractivity contribution >= 4 is 11.4 Å². The SMILES string of the molecule is CC(CC1CCCN1)Nc1cc(F)ccc1[N+](=O)[O-]. The molecule has 1 saturated heterocycles. The third-order valence-electron chi connectivity index (χ3n) is 3.36. The molecule has 0 saturated carbocycles. The molecule has 1 fully saturated rings. The fraction of sp³-hybridized carbons (Fsp3) is 0.538. The Bertz CT molecular complexity index is 461. The molecule has 0 spiro atoms. The number of anilines is 1. The number of nitro benzene ring substituents is 1. The van der Waals surface area contributed by atoms with Crippen LogP contribution >= 0.6 is 0 Å². The van der Waals surface area contributed by atoms with Gasteiger partial charge in [-0.15, -0.1) is 0 Å². The number of nitrogens with zero attached hydrogens (tertiary/aromatic N) is 1. The van der Waals surface area contributed by atoms with Gasteiger partial charge in [0.2, 0.25) is 0 Å². The molecule has 1 heterocycles. The van der Waals surface area contributed by atoms with Crippen LogP contribution in [0.1, 0.15) is 26.2 Å². The van der Waals surface area contributed by atoms with E-state index in [9.17, 15) is 14.5 Å². The number of nitrogens with one attached hydrogen (secondary N) is 2. The number of hydrogen-bond acceptors (Lipinski definition) is 4. The zero-order valence-corrected chi connectivity index (χ0v) is 10.9. The largest absolute Gasteiger partial charge is 0.377 e. The van der Waals surface area contributed by atoms with Crippen molar-refractivity contribution < 1.29 is 9.31 Å². The van der Waals surface area contributed by atoms with Gasteiger partial charge in [-0.2, -0.15) is 0 Å². The first-order valence-electron chi connectivity index (χ1n) is 6.50. The summed E-state index contributed by atoms with van der Waals surface area (Å²) in [5.74, 6) is -0.473. The lowest BCUT2D eigenvalue weighted by Crippen LogP contribution is -2.29. The van der Waals surface area contributed by atoms with Crippen LogP contribution in [0.3, 0.4) is 0 Å². The van der Waals surface area contributed by atoms with Gasteiger partial charge in [-0.25, -0.2) is 4.39 Å². The minimum atomic E-state index is -0.498. The standard InChI is InChI=1S/C13H18FN3O2/c1-9(7-11-3-2-6-15-11)16-12-8-10(14)4-5-13(12)17(18)19/h4-5,8-9,11,15-16H,2-3,6-7H2,1H3. The first-order valence-corrected chi connectivity index (χ1v) is 6.50. The summed E-state index contributed by atoms with van der Waals surface area (Å²) in [5.41, 5.74) is 0.156. The molecule has 5 nitrogen and oxygen atoms in total. The third-order valence-corrected chi connectivity index (χ3v) is 3.36. The van der Waals surface area contributed by atoms with E-state index in [-0.39, 0.29) is 17.4 Å². The lowest BCUT2D eigenvalue weighted by Gasteiger charge is -2.19. The van der Waals surface area contributed by atoms with Crippen LogP contribution in [-0.4, -0.2) is 23.6 Å². The van der Waals surface area contributed by atoms with E-state index in [0.717, 1.165) is 31.9 Å². The van der Waals surface area contributed by atoms with Crippen LogP contribution in [0.25, 0.3) is 0 Å². The molecule has 0 aliphatic carbocycles. The molecule has 6 heteroatoms. The van der Waals surface area contributed by atoms with Gasteiger partial charge in [0.25, 0.3) is 5.69 Å². The minimum absolute atomic E-state index is 0.0519. The molecule has 19 heavy (non-hydrogen) atoms. The summed E-state index contributed by atoms with van der Waals surface area (Å²) in [6, 6.07) is 3.97. The summed E-state index contributed by atoms with van der Waals surface area (Å²) in [6.45, 7) is 2.98. The van der Waals surface area contributed by atoms with E-state index < -0.39 is 10.7 Å². The molecular formula is C13H18FN3O2. The average molecular weight is 267 g/mol. The minimum Gasteiger partial charge on any atom is -0.377 e. The van der Waals surface area contributed by atoms with Crippen LogP contribution in [0.2, 0.25) is 0 Å². The van der Waals surface area contributed by atoms with Gasteiger partial charge in [-0.05, 0) is 38.8 Å². The van der Waals surface area contributed by atoms with Gasteiger partial charge in [0, 0.05) is 24.2 Å². The van der Waals surface area contributed by atoms with Crippen molar-refractivity contribution in [1.29, 1.82) is 0 Å². The summed E-state index contributed by atoms with van der Waals surface area (Å²) in [5, 5.41) is 17.3. The molecule has 1 aliphatic heterocycles. The fourth-order valence-electron chi connectivity index (χ4n) is 2.49. The molecule has 2 atom stereocenters. The number of hydrogen-bond donors (Lipinski definition) is 2. The smallest absolute Gasteiger partial charge is 0.292 e. The van der Waals surface area contributed by atoms with Crippen LogP contribution < -0.4 is 10.6 Å². The van der Waals surface area contributed by atoms with Crippen LogP contribution in [0.4, 0.5) is 15.8 Å². The molecule has 0 aromatic heterocycles. The predicted octanol–water partition coefficient (Wildman–Crippen LogP) is 2.68. The summed E-state index contributed by atoms with van der Waals surface area (Å²) in [7, 11) is 0. The molecule has 1 aliphatic rings. The second-order valence-electron chi connectivity index (χ2n) is 4.99. The van der Waals surface area contributed by atoms with Gasteiger partial charge in [-0.3, -0.25) is 10.1 Å². The third kappa shape index (κ3) is 3.64. The van der Waals surface area contributed by atoms with Crippen LogP contribution in [0.15, 0.2) is 18.2 Å². The lowest BCUT2D eigenvalue weighted by molar-refractivity contribution is -0.384. The van der Waals surface area contributed by atoms with Gasteiger partial charge >= 0.3 is 0 Å². The summed E-state index contributed by atoms with van der Waals surface area (Å²) >= 11 is 0. The Balaban J connectivity index is 2.04. The maximum atomic E-state index is 13.2. The first kappa shape index (κ1) is 13.7. The normalized spacial score (nSPS) is 20.2. The Labute approximate surface area is 111 Å². The van der Waals surface area contributed by atoms with E-state index >= 15 is 0 Å².